The Kier molecular flexibility index (Phi) is 7.14. The Bertz CT molecular complexity index is 588. The number of hydrogen-bond acceptors (Lipinski definition) is 4. The van der Waals surface area contributed by atoms with Gasteiger partial charge in [0.2, 0.25) is 5.91 Å². The van der Waals surface area contributed by atoms with Gasteiger partial charge in [0.05, 0.1) is 24.0 Å². The minimum Gasteiger partial charge on any atom is -0.344 e. The van der Waals surface area contributed by atoms with Crippen molar-refractivity contribution in [2.75, 3.05) is 26.2 Å². The minimum atomic E-state index is 0. The zero-order valence-corrected chi connectivity index (χ0v) is 16.4. The molecule has 1 aromatic rings. The van der Waals surface area contributed by atoms with E-state index in [1.807, 2.05) is 11.8 Å². The molecule has 1 atom stereocenters. The zero-order chi connectivity index (χ0) is 15.8. The van der Waals surface area contributed by atoms with Gasteiger partial charge in [0.25, 0.3) is 0 Å². The molecule has 4 rings (SSSR count). The third-order valence-corrected chi connectivity index (χ3v) is 5.62. The number of carbonyl (C=O) groups excluding carboxylic acids is 1. The Morgan fingerprint density at radius 1 is 1.16 bits per heavy atom. The van der Waals surface area contributed by atoms with Crippen LogP contribution in [0.25, 0.3) is 0 Å². The van der Waals surface area contributed by atoms with Crippen LogP contribution in [-0.4, -0.2) is 63.9 Å². The molecule has 0 bridgehead atoms. The van der Waals surface area contributed by atoms with Gasteiger partial charge in [-0.15, -0.1) is 24.8 Å². The molecule has 0 unspecified atom stereocenters. The predicted molar refractivity (Wildman–Crippen MR) is 103 cm³/mol. The molecule has 2 fully saturated rings. The largest absolute Gasteiger partial charge is 0.344 e. The second-order valence-corrected chi connectivity index (χ2v) is 7.13. The van der Waals surface area contributed by atoms with Gasteiger partial charge in [0, 0.05) is 19.0 Å². The third kappa shape index (κ3) is 4.13. The van der Waals surface area contributed by atoms with E-state index in [-0.39, 0.29) is 30.9 Å². The number of piperidine rings is 1. The molecule has 2 N–H and O–H groups in total. The molecule has 0 spiro atoms. The summed E-state index contributed by atoms with van der Waals surface area (Å²) in [6, 6.07) is 0.686. The molecule has 4 heterocycles. The van der Waals surface area contributed by atoms with Crippen LogP contribution in [0.3, 0.4) is 0 Å². The van der Waals surface area contributed by atoms with Gasteiger partial charge in [0.1, 0.15) is 5.82 Å². The van der Waals surface area contributed by atoms with Crippen molar-refractivity contribution in [3.8, 4) is 0 Å². The summed E-state index contributed by atoms with van der Waals surface area (Å²) in [5.74, 6) is 1.29. The zero-order valence-electron chi connectivity index (χ0n) is 14.8. The molecule has 142 valence electrons. The van der Waals surface area contributed by atoms with Crippen molar-refractivity contribution in [1.29, 1.82) is 0 Å². The molecule has 3 aliphatic heterocycles. The molecule has 3 aliphatic rings. The molecule has 0 aromatic carbocycles. The molecule has 0 saturated carbocycles. The topological polar surface area (TPSA) is 64.3 Å². The lowest BCUT2D eigenvalue weighted by Gasteiger charge is -2.37. The van der Waals surface area contributed by atoms with Crippen LogP contribution in [0.1, 0.15) is 42.9 Å². The smallest absolute Gasteiger partial charge is 0.240 e. The SMILES string of the molecule is Cc1nc2c([nH]1)CN(C(=O)[C@@H]1CCCN1C1CCNCC1)CC2.Cl.Cl. The molecule has 6 nitrogen and oxygen atoms in total. The van der Waals surface area contributed by atoms with Crippen molar-refractivity contribution in [2.24, 2.45) is 0 Å². The monoisotopic (exact) mass is 389 g/mol. The molecule has 1 aromatic heterocycles. The second kappa shape index (κ2) is 8.71. The maximum Gasteiger partial charge on any atom is 0.240 e. The standard InChI is InChI=1S/C17H27N5O.2ClH/c1-12-19-14-6-10-21(11-15(14)20-12)17(23)16-3-2-9-22(16)13-4-7-18-8-5-13;;/h13,16,18H,2-11H2,1H3,(H,19,20);2*1H/t16-;;/m0../s1. The fourth-order valence-electron chi connectivity index (χ4n) is 4.47. The highest BCUT2D eigenvalue weighted by Gasteiger charge is 2.38. The van der Waals surface area contributed by atoms with Gasteiger partial charge in [0.15, 0.2) is 0 Å². The van der Waals surface area contributed by atoms with Crippen LogP contribution in [-0.2, 0) is 17.8 Å². The van der Waals surface area contributed by atoms with Crippen LogP contribution in [0.4, 0.5) is 0 Å². The van der Waals surface area contributed by atoms with Crippen molar-refractivity contribution in [3.05, 3.63) is 17.2 Å². The first-order valence-electron chi connectivity index (χ1n) is 9.02. The number of amides is 1. The molecule has 2 saturated heterocycles. The number of hydrogen-bond donors (Lipinski definition) is 2. The van der Waals surface area contributed by atoms with Crippen LogP contribution in [0.5, 0.6) is 0 Å². The number of rotatable bonds is 2. The number of aryl methyl sites for hydroxylation is 1. The molecule has 0 radical (unpaired) electrons. The number of H-pyrrole nitrogens is 1. The predicted octanol–water partition coefficient (Wildman–Crippen LogP) is 1.66. The lowest BCUT2D eigenvalue weighted by atomic mass is 10.0. The first kappa shape index (κ1) is 20.5. The minimum absolute atomic E-state index is 0. The average Bonchev–Trinajstić information content (AvgIpc) is 3.19. The first-order chi connectivity index (χ1) is 11.2. The van der Waals surface area contributed by atoms with Gasteiger partial charge >= 0.3 is 0 Å². The van der Waals surface area contributed by atoms with Crippen LogP contribution < -0.4 is 5.32 Å². The highest BCUT2D eigenvalue weighted by molar-refractivity contribution is 5.85. The van der Waals surface area contributed by atoms with E-state index in [1.165, 1.54) is 12.8 Å². The van der Waals surface area contributed by atoms with Gasteiger partial charge in [-0.05, 0) is 52.2 Å². The van der Waals surface area contributed by atoms with E-state index < -0.39 is 0 Å². The molecule has 25 heavy (non-hydrogen) atoms. The highest BCUT2D eigenvalue weighted by atomic mass is 35.5. The van der Waals surface area contributed by atoms with Crippen molar-refractivity contribution >= 4 is 30.7 Å². The van der Waals surface area contributed by atoms with Gasteiger partial charge < -0.3 is 15.2 Å². The molecule has 1 amide bonds. The summed E-state index contributed by atoms with van der Waals surface area (Å²) in [6.07, 6.45) is 5.41. The molecular weight excluding hydrogens is 361 g/mol. The summed E-state index contributed by atoms with van der Waals surface area (Å²) in [4.78, 5) is 25.5. The normalized spacial score (nSPS) is 24.4. The van der Waals surface area contributed by atoms with Crippen LogP contribution in [0.2, 0.25) is 0 Å². The maximum atomic E-state index is 13.1. The van der Waals surface area contributed by atoms with Crippen molar-refractivity contribution in [1.82, 2.24) is 25.1 Å². The van der Waals surface area contributed by atoms with E-state index in [0.717, 1.165) is 62.7 Å². The quantitative estimate of drug-likeness (QED) is 0.807. The van der Waals surface area contributed by atoms with E-state index in [2.05, 4.69) is 20.2 Å². The third-order valence-electron chi connectivity index (χ3n) is 5.62. The highest BCUT2D eigenvalue weighted by Crippen LogP contribution is 2.27. The van der Waals surface area contributed by atoms with Crippen molar-refractivity contribution in [3.63, 3.8) is 0 Å². The van der Waals surface area contributed by atoms with E-state index >= 15 is 0 Å². The molecular formula is C17H29Cl2N5O. The summed E-state index contributed by atoms with van der Waals surface area (Å²) >= 11 is 0. The number of aromatic amines is 1. The number of imidazole rings is 1. The number of fused-ring (bicyclic) bond motifs is 1. The second-order valence-electron chi connectivity index (χ2n) is 7.13. The van der Waals surface area contributed by atoms with E-state index in [1.54, 1.807) is 0 Å². The Morgan fingerprint density at radius 2 is 1.92 bits per heavy atom. The van der Waals surface area contributed by atoms with Crippen LogP contribution in [0.15, 0.2) is 0 Å². The van der Waals surface area contributed by atoms with Gasteiger partial charge in [-0.25, -0.2) is 4.98 Å². The van der Waals surface area contributed by atoms with Crippen LogP contribution in [0, 0.1) is 6.92 Å². The van der Waals surface area contributed by atoms with Gasteiger partial charge in [-0.3, -0.25) is 9.69 Å². The Hall–Kier alpha value is -0.820. The lowest BCUT2D eigenvalue weighted by molar-refractivity contribution is -0.138. The molecule has 8 heteroatoms. The first-order valence-corrected chi connectivity index (χ1v) is 9.02. The molecule has 0 aliphatic carbocycles. The number of nitrogens with one attached hydrogen (secondary N) is 2. The Balaban J connectivity index is 0.00000113. The summed E-state index contributed by atoms with van der Waals surface area (Å²) in [7, 11) is 0. The van der Waals surface area contributed by atoms with E-state index in [0.29, 0.717) is 18.5 Å². The van der Waals surface area contributed by atoms with Crippen LogP contribution >= 0.6 is 24.8 Å². The Morgan fingerprint density at radius 3 is 2.68 bits per heavy atom. The van der Waals surface area contributed by atoms with Crippen molar-refractivity contribution in [2.45, 2.75) is 57.7 Å². The van der Waals surface area contributed by atoms with E-state index in [4.69, 9.17) is 0 Å². The lowest BCUT2D eigenvalue weighted by Crippen LogP contribution is -2.52. The Labute approximate surface area is 161 Å². The summed E-state index contributed by atoms with van der Waals surface area (Å²) in [6.45, 7) is 6.76. The summed E-state index contributed by atoms with van der Waals surface area (Å²) in [5.41, 5.74) is 2.28. The number of halogens is 2. The number of aromatic nitrogens is 2. The number of nitrogens with zero attached hydrogens (tertiary/aromatic N) is 3. The maximum absolute atomic E-state index is 13.1. The van der Waals surface area contributed by atoms with Crippen molar-refractivity contribution < 1.29 is 4.79 Å². The fourth-order valence-corrected chi connectivity index (χ4v) is 4.47. The number of likely N-dealkylation sites (tertiary alicyclic amines) is 1. The summed E-state index contributed by atoms with van der Waals surface area (Å²) in [5, 5.41) is 3.43. The summed E-state index contributed by atoms with van der Waals surface area (Å²) < 4.78 is 0. The fraction of sp³-hybridized carbons (Fsp3) is 0.765. The number of carbonyl (C=O) groups is 1. The van der Waals surface area contributed by atoms with Gasteiger partial charge in [-0.2, -0.15) is 0 Å². The average molecular weight is 390 g/mol. The van der Waals surface area contributed by atoms with Gasteiger partial charge in [-0.1, -0.05) is 0 Å². The van der Waals surface area contributed by atoms with E-state index in [9.17, 15) is 4.79 Å².